The molecule has 0 fully saturated rings. The van der Waals surface area contributed by atoms with Gasteiger partial charge in [-0.05, 0) is 90.3 Å². The first kappa shape index (κ1) is 28.3. The molecule has 0 saturated carbocycles. The molecule has 0 unspecified atom stereocenters. The third-order valence-corrected chi connectivity index (χ3v) is 9.85. The first-order valence-corrected chi connectivity index (χ1v) is 16.9. The van der Waals surface area contributed by atoms with Gasteiger partial charge in [-0.1, -0.05) is 152 Å². The summed E-state index contributed by atoms with van der Waals surface area (Å²) in [5.41, 5.74) is 12.7. The third kappa shape index (κ3) is 4.63. The van der Waals surface area contributed by atoms with Crippen LogP contribution < -0.4 is 0 Å². The smallest absolute Gasteiger partial charge is 0.164 e. The molecule has 0 amide bonds. The van der Waals surface area contributed by atoms with E-state index in [9.17, 15) is 0 Å². The van der Waals surface area contributed by atoms with Gasteiger partial charge in [-0.25, -0.2) is 15.0 Å². The van der Waals surface area contributed by atoms with Crippen molar-refractivity contribution >= 4 is 21.5 Å². The number of hydrogen-bond donors (Lipinski definition) is 0. The molecule has 0 saturated heterocycles. The molecule has 0 aliphatic heterocycles. The molecule has 10 rings (SSSR count). The molecule has 0 atom stereocenters. The molecular formula is C47H29N3. The molecule has 8 aromatic carbocycles. The van der Waals surface area contributed by atoms with Crippen LogP contribution in [0.5, 0.6) is 0 Å². The number of hydrogen-bond acceptors (Lipinski definition) is 3. The SMILES string of the molecule is c1ccc(-c2cc(-c3ccccc3)c3c(c2)-c2cccc4c(-c5nc(-c6ccccc6)nc(-c6ccc7ccccc7c6)n5)ccc-3c24)cc1. The number of fused-ring (bicyclic) bond motifs is 4. The summed E-state index contributed by atoms with van der Waals surface area (Å²) in [4.78, 5) is 15.3. The van der Waals surface area contributed by atoms with Crippen molar-refractivity contribution in [3.63, 3.8) is 0 Å². The summed E-state index contributed by atoms with van der Waals surface area (Å²) < 4.78 is 0. The molecule has 3 heteroatoms. The molecule has 0 radical (unpaired) electrons. The zero-order valence-electron chi connectivity index (χ0n) is 27.1. The molecule has 1 heterocycles. The van der Waals surface area contributed by atoms with E-state index in [0.29, 0.717) is 17.5 Å². The van der Waals surface area contributed by atoms with Crippen molar-refractivity contribution in [1.82, 2.24) is 15.0 Å². The quantitative estimate of drug-likeness (QED) is 0.189. The molecule has 0 bridgehead atoms. The summed E-state index contributed by atoms with van der Waals surface area (Å²) in [7, 11) is 0. The highest BCUT2D eigenvalue weighted by Crippen LogP contribution is 2.53. The Morgan fingerprint density at radius 1 is 0.280 bits per heavy atom. The fraction of sp³-hybridized carbons (Fsp3) is 0. The van der Waals surface area contributed by atoms with Gasteiger partial charge in [-0.3, -0.25) is 0 Å². The summed E-state index contributed by atoms with van der Waals surface area (Å²) in [6.07, 6.45) is 0. The van der Waals surface area contributed by atoms with E-state index in [1.807, 2.05) is 18.2 Å². The molecule has 232 valence electrons. The number of rotatable bonds is 5. The Kier molecular flexibility index (Phi) is 6.49. The topological polar surface area (TPSA) is 38.7 Å². The Balaban J connectivity index is 1.21. The van der Waals surface area contributed by atoms with Gasteiger partial charge in [0.15, 0.2) is 17.5 Å². The van der Waals surface area contributed by atoms with Crippen LogP contribution in [0.1, 0.15) is 0 Å². The van der Waals surface area contributed by atoms with Crippen LogP contribution in [0, 0.1) is 0 Å². The summed E-state index contributed by atoms with van der Waals surface area (Å²) in [6, 6.07) is 62.2. The minimum Gasteiger partial charge on any atom is -0.208 e. The van der Waals surface area contributed by atoms with Crippen LogP contribution in [-0.4, -0.2) is 15.0 Å². The fourth-order valence-electron chi connectivity index (χ4n) is 7.49. The van der Waals surface area contributed by atoms with Crippen molar-refractivity contribution in [3.05, 3.63) is 176 Å². The lowest BCUT2D eigenvalue weighted by atomic mass is 9.89. The average molecular weight is 636 g/mol. The second-order valence-corrected chi connectivity index (χ2v) is 12.8. The largest absolute Gasteiger partial charge is 0.208 e. The highest BCUT2D eigenvalue weighted by molar-refractivity contribution is 6.21. The summed E-state index contributed by atoms with van der Waals surface area (Å²) in [6.45, 7) is 0. The molecule has 0 N–H and O–H groups in total. The first-order valence-electron chi connectivity index (χ1n) is 16.9. The molecule has 0 spiro atoms. The molecule has 1 aliphatic rings. The van der Waals surface area contributed by atoms with E-state index in [1.165, 1.54) is 55.3 Å². The summed E-state index contributed by atoms with van der Waals surface area (Å²) in [5.74, 6) is 1.98. The number of aromatic nitrogens is 3. The highest BCUT2D eigenvalue weighted by Gasteiger charge is 2.27. The third-order valence-electron chi connectivity index (χ3n) is 9.85. The van der Waals surface area contributed by atoms with Crippen LogP contribution in [0.3, 0.4) is 0 Å². The zero-order chi connectivity index (χ0) is 33.0. The molecule has 1 aromatic heterocycles. The normalized spacial score (nSPS) is 11.6. The lowest BCUT2D eigenvalue weighted by molar-refractivity contribution is 1.08. The summed E-state index contributed by atoms with van der Waals surface area (Å²) in [5, 5.41) is 4.70. The molecule has 3 nitrogen and oxygen atoms in total. The van der Waals surface area contributed by atoms with Gasteiger partial charge < -0.3 is 0 Å². The highest BCUT2D eigenvalue weighted by atomic mass is 15.0. The maximum Gasteiger partial charge on any atom is 0.164 e. The zero-order valence-corrected chi connectivity index (χ0v) is 27.1. The van der Waals surface area contributed by atoms with E-state index < -0.39 is 0 Å². The number of benzene rings is 8. The van der Waals surface area contributed by atoms with Gasteiger partial charge in [0.1, 0.15) is 0 Å². The maximum atomic E-state index is 5.18. The monoisotopic (exact) mass is 635 g/mol. The predicted octanol–water partition coefficient (Wildman–Crippen LogP) is 12.2. The lowest BCUT2D eigenvalue weighted by Crippen LogP contribution is -2.00. The van der Waals surface area contributed by atoms with Gasteiger partial charge in [0.2, 0.25) is 0 Å². The van der Waals surface area contributed by atoms with Crippen LogP contribution in [0.25, 0.3) is 100 Å². The van der Waals surface area contributed by atoms with Crippen molar-refractivity contribution in [3.8, 4) is 78.7 Å². The molecular weight excluding hydrogens is 607 g/mol. The fourth-order valence-corrected chi connectivity index (χ4v) is 7.49. The first-order chi connectivity index (χ1) is 24.8. The average Bonchev–Trinajstić information content (AvgIpc) is 3.53. The summed E-state index contributed by atoms with van der Waals surface area (Å²) >= 11 is 0. The van der Waals surface area contributed by atoms with Crippen LogP contribution in [0.15, 0.2) is 176 Å². The Hall–Kier alpha value is -6.71. The van der Waals surface area contributed by atoms with Gasteiger partial charge in [-0.2, -0.15) is 0 Å². The minimum atomic E-state index is 0.657. The second-order valence-electron chi connectivity index (χ2n) is 12.8. The van der Waals surface area contributed by atoms with Crippen LogP contribution in [0.2, 0.25) is 0 Å². The molecule has 1 aliphatic carbocycles. The molecule has 9 aromatic rings. The van der Waals surface area contributed by atoms with E-state index in [2.05, 4.69) is 158 Å². The standard InChI is InChI=1S/C47H29N3/c1-4-13-30(14-5-1)36-28-41(32-16-6-2-7-17-32)44-40-26-25-39(37-21-12-22-38(43(37)40)42(44)29-36)47-49-45(33-18-8-3-9-19-33)48-46(50-47)35-24-23-31-15-10-11-20-34(31)27-35/h1-29H. The van der Waals surface area contributed by atoms with Crippen molar-refractivity contribution in [1.29, 1.82) is 0 Å². The molecule has 50 heavy (non-hydrogen) atoms. The maximum absolute atomic E-state index is 5.18. The minimum absolute atomic E-state index is 0.657. The predicted molar refractivity (Wildman–Crippen MR) is 206 cm³/mol. The van der Waals surface area contributed by atoms with Crippen molar-refractivity contribution < 1.29 is 0 Å². The van der Waals surface area contributed by atoms with Gasteiger partial charge in [0.05, 0.1) is 0 Å². The Morgan fingerprint density at radius 2 is 0.880 bits per heavy atom. The Bertz CT molecular complexity index is 2740. The van der Waals surface area contributed by atoms with E-state index in [-0.39, 0.29) is 0 Å². The van der Waals surface area contributed by atoms with E-state index in [0.717, 1.165) is 27.5 Å². The van der Waals surface area contributed by atoms with Gasteiger partial charge in [0, 0.05) is 16.7 Å². The van der Waals surface area contributed by atoms with Gasteiger partial charge in [-0.15, -0.1) is 0 Å². The Labute approximate surface area is 290 Å². The Morgan fingerprint density at radius 3 is 1.64 bits per heavy atom. The second kappa shape index (κ2) is 11.5. The van der Waals surface area contributed by atoms with Crippen LogP contribution >= 0.6 is 0 Å². The van der Waals surface area contributed by atoms with Crippen molar-refractivity contribution in [2.45, 2.75) is 0 Å². The van der Waals surface area contributed by atoms with E-state index >= 15 is 0 Å². The lowest BCUT2D eigenvalue weighted by Gasteiger charge is -2.14. The number of nitrogens with zero attached hydrogens (tertiary/aromatic N) is 3. The van der Waals surface area contributed by atoms with Crippen LogP contribution in [-0.2, 0) is 0 Å². The van der Waals surface area contributed by atoms with E-state index in [1.54, 1.807) is 0 Å². The van der Waals surface area contributed by atoms with Crippen LogP contribution in [0.4, 0.5) is 0 Å². The van der Waals surface area contributed by atoms with Crippen molar-refractivity contribution in [2.75, 3.05) is 0 Å². The van der Waals surface area contributed by atoms with Gasteiger partial charge in [0.25, 0.3) is 0 Å². The van der Waals surface area contributed by atoms with E-state index in [4.69, 9.17) is 15.0 Å². The van der Waals surface area contributed by atoms with Gasteiger partial charge >= 0.3 is 0 Å². The van der Waals surface area contributed by atoms with Crippen molar-refractivity contribution in [2.24, 2.45) is 0 Å².